The fourth-order valence-electron chi connectivity index (χ4n) is 3.38. The molecule has 1 saturated carbocycles. The van der Waals surface area contributed by atoms with E-state index in [-0.39, 0.29) is 18.4 Å². The molecule has 5 nitrogen and oxygen atoms in total. The van der Waals surface area contributed by atoms with Gasteiger partial charge in [-0.2, -0.15) is 5.10 Å². The van der Waals surface area contributed by atoms with Crippen LogP contribution in [-0.2, 0) is 0 Å². The van der Waals surface area contributed by atoms with Gasteiger partial charge in [0.15, 0.2) is 0 Å². The second-order valence-corrected chi connectivity index (χ2v) is 6.06. The topological polar surface area (TPSA) is 58.4 Å². The normalized spacial score (nSPS) is 24.2. The first kappa shape index (κ1) is 13.6. The number of aromatic nitrogens is 2. The van der Waals surface area contributed by atoms with Crippen LogP contribution in [0, 0.1) is 5.92 Å². The first-order valence-electron chi connectivity index (χ1n) is 7.73. The molecule has 2 aliphatic rings. The maximum atomic E-state index is 12.5. The molecule has 1 unspecified atom stereocenters. The van der Waals surface area contributed by atoms with Gasteiger partial charge in [-0.15, -0.1) is 0 Å². The van der Waals surface area contributed by atoms with Crippen molar-refractivity contribution in [2.24, 2.45) is 5.92 Å². The molecular formula is C15H23N3O2. The number of piperidine rings is 1. The number of aliphatic hydroxyl groups is 1. The minimum absolute atomic E-state index is 0.0138. The number of hydrogen-bond donors (Lipinski definition) is 1. The molecule has 1 aromatic heterocycles. The van der Waals surface area contributed by atoms with Crippen LogP contribution in [0.15, 0.2) is 12.3 Å². The zero-order chi connectivity index (χ0) is 13.9. The Kier molecular flexibility index (Phi) is 4.05. The van der Waals surface area contributed by atoms with Gasteiger partial charge in [0, 0.05) is 25.9 Å². The van der Waals surface area contributed by atoms with E-state index in [1.54, 1.807) is 0 Å². The lowest BCUT2D eigenvalue weighted by molar-refractivity contribution is 0.0614. The highest BCUT2D eigenvalue weighted by Crippen LogP contribution is 2.29. The van der Waals surface area contributed by atoms with Crippen molar-refractivity contribution in [1.82, 2.24) is 14.7 Å². The average molecular weight is 277 g/mol. The number of rotatable bonds is 3. The van der Waals surface area contributed by atoms with Crippen LogP contribution >= 0.6 is 0 Å². The molecule has 3 rings (SSSR count). The number of aliphatic hydroxyl groups excluding tert-OH is 1. The van der Waals surface area contributed by atoms with Crippen LogP contribution in [-0.4, -0.2) is 45.4 Å². The molecule has 1 saturated heterocycles. The van der Waals surface area contributed by atoms with E-state index >= 15 is 0 Å². The molecule has 1 atom stereocenters. The number of nitrogens with zero attached hydrogens (tertiary/aromatic N) is 3. The van der Waals surface area contributed by atoms with Crippen LogP contribution in [0.25, 0.3) is 0 Å². The van der Waals surface area contributed by atoms with Crippen LogP contribution < -0.4 is 0 Å². The van der Waals surface area contributed by atoms with Gasteiger partial charge >= 0.3 is 0 Å². The van der Waals surface area contributed by atoms with Crippen LogP contribution in [0.4, 0.5) is 0 Å². The van der Waals surface area contributed by atoms with Crippen LogP contribution in [0.2, 0.25) is 0 Å². The number of hydrogen-bond acceptors (Lipinski definition) is 3. The van der Waals surface area contributed by atoms with E-state index in [0.717, 1.165) is 19.4 Å². The third-order valence-electron chi connectivity index (χ3n) is 4.59. The van der Waals surface area contributed by atoms with Gasteiger partial charge in [-0.1, -0.05) is 12.8 Å². The van der Waals surface area contributed by atoms with E-state index in [4.69, 9.17) is 0 Å². The van der Waals surface area contributed by atoms with Crippen LogP contribution in [0.1, 0.15) is 55.1 Å². The highest BCUT2D eigenvalue weighted by atomic mass is 16.3. The van der Waals surface area contributed by atoms with Gasteiger partial charge < -0.3 is 10.0 Å². The largest absolute Gasteiger partial charge is 0.396 e. The molecule has 1 N–H and O–H groups in total. The molecule has 1 aromatic rings. The summed E-state index contributed by atoms with van der Waals surface area (Å²) in [6.45, 7) is 1.61. The molecular weight excluding hydrogens is 254 g/mol. The van der Waals surface area contributed by atoms with E-state index in [1.165, 1.54) is 25.7 Å². The minimum Gasteiger partial charge on any atom is -0.396 e. The van der Waals surface area contributed by atoms with Crippen molar-refractivity contribution < 1.29 is 9.90 Å². The lowest BCUT2D eigenvalue weighted by atomic mass is 9.99. The summed E-state index contributed by atoms with van der Waals surface area (Å²) in [6, 6.07) is 2.31. The molecule has 1 aliphatic heterocycles. The maximum Gasteiger partial charge on any atom is 0.274 e. The summed E-state index contributed by atoms with van der Waals surface area (Å²) in [5.74, 6) is 0.240. The molecule has 110 valence electrons. The van der Waals surface area contributed by atoms with Crippen LogP contribution in [0.5, 0.6) is 0 Å². The summed E-state index contributed by atoms with van der Waals surface area (Å²) in [7, 11) is 0. The lowest BCUT2D eigenvalue weighted by Crippen LogP contribution is -2.41. The molecule has 1 aliphatic carbocycles. The van der Waals surface area contributed by atoms with Crippen molar-refractivity contribution in [2.75, 3.05) is 19.7 Å². The van der Waals surface area contributed by atoms with Gasteiger partial charge in [0.25, 0.3) is 5.91 Å². The Balaban J connectivity index is 1.67. The smallest absolute Gasteiger partial charge is 0.274 e. The molecule has 0 aromatic carbocycles. The third kappa shape index (κ3) is 2.73. The lowest BCUT2D eigenvalue weighted by Gasteiger charge is -2.31. The van der Waals surface area contributed by atoms with Gasteiger partial charge in [-0.05, 0) is 37.7 Å². The SMILES string of the molecule is O=C(c1ccn(C2CCCC2)n1)N1CCCC(CO)C1. The van der Waals surface area contributed by atoms with Gasteiger partial charge in [0.05, 0.1) is 6.04 Å². The van der Waals surface area contributed by atoms with Crippen molar-refractivity contribution >= 4 is 5.91 Å². The Morgan fingerprint density at radius 3 is 2.85 bits per heavy atom. The van der Waals surface area contributed by atoms with Crippen molar-refractivity contribution in [3.8, 4) is 0 Å². The Morgan fingerprint density at radius 1 is 1.30 bits per heavy atom. The first-order valence-corrected chi connectivity index (χ1v) is 7.73. The quantitative estimate of drug-likeness (QED) is 0.917. The molecule has 20 heavy (non-hydrogen) atoms. The van der Waals surface area contributed by atoms with Crippen molar-refractivity contribution in [3.63, 3.8) is 0 Å². The van der Waals surface area contributed by atoms with E-state index in [0.29, 0.717) is 18.3 Å². The van der Waals surface area contributed by atoms with Crippen molar-refractivity contribution in [2.45, 2.75) is 44.6 Å². The summed E-state index contributed by atoms with van der Waals surface area (Å²) in [5.41, 5.74) is 0.551. The molecule has 1 amide bonds. The van der Waals surface area contributed by atoms with Gasteiger partial charge in [0.1, 0.15) is 5.69 Å². The second-order valence-electron chi connectivity index (χ2n) is 6.06. The third-order valence-corrected chi connectivity index (χ3v) is 4.59. The minimum atomic E-state index is 0.0138. The standard InChI is InChI=1S/C15H23N3O2/c19-11-12-4-3-8-17(10-12)15(20)14-7-9-18(16-14)13-5-1-2-6-13/h7,9,12-13,19H,1-6,8,10-11H2. The Labute approximate surface area is 119 Å². The fraction of sp³-hybridized carbons (Fsp3) is 0.733. The summed E-state index contributed by atoms with van der Waals surface area (Å²) < 4.78 is 1.97. The Hall–Kier alpha value is -1.36. The monoisotopic (exact) mass is 277 g/mol. The predicted octanol–water partition coefficient (Wildman–Crippen LogP) is 1.84. The van der Waals surface area contributed by atoms with E-state index in [1.807, 2.05) is 21.8 Å². The van der Waals surface area contributed by atoms with E-state index in [9.17, 15) is 9.90 Å². The fourth-order valence-corrected chi connectivity index (χ4v) is 3.38. The molecule has 5 heteroatoms. The molecule has 0 spiro atoms. The molecule has 0 bridgehead atoms. The predicted molar refractivity (Wildman–Crippen MR) is 75.4 cm³/mol. The van der Waals surface area contributed by atoms with Gasteiger partial charge in [0.2, 0.25) is 0 Å². The van der Waals surface area contributed by atoms with Crippen molar-refractivity contribution in [1.29, 1.82) is 0 Å². The highest BCUT2D eigenvalue weighted by molar-refractivity contribution is 5.92. The molecule has 2 fully saturated rings. The summed E-state index contributed by atoms with van der Waals surface area (Å²) in [6.07, 6.45) is 8.79. The van der Waals surface area contributed by atoms with Crippen LogP contribution in [0.3, 0.4) is 0 Å². The summed E-state index contributed by atoms with van der Waals surface area (Å²) in [4.78, 5) is 14.3. The van der Waals surface area contributed by atoms with Gasteiger partial charge in [-0.25, -0.2) is 0 Å². The first-order chi connectivity index (χ1) is 9.78. The highest BCUT2D eigenvalue weighted by Gasteiger charge is 2.26. The molecule has 0 radical (unpaired) electrons. The Bertz CT molecular complexity index is 465. The van der Waals surface area contributed by atoms with Gasteiger partial charge in [-0.3, -0.25) is 9.48 Å². The van der Waals surface area contributed by atoms with Crippen molar-refractivity contribution in [3.05, 3.63) is 18.0 Å². The zero-order valence-electron chi connectivity index (χ0n) is 11.9. The second kappa shape index (κ2) is 5.95. The Morgan fingerprint density at radius 2 is 2.10 bits per heavy atom. The number of carbonyl (C=O) groups is 1. The zero-order valence-corrected chi connectivity index (χ0v) is 11.9. The number of carbonyl (C=O) groups excluding carboxylic acids is 1. The number of amides is 1. The molecule has 2 heterocycles. The summed E-state index contributed by atoms with van der Waals surface area (Å²) >= 11 is 0. The van der Waals surface area contributed by atoms with E-state index < -0.39 is 0 Å². The summed E-state index contributed by atoms with van der Waals surface area (Å²) in [5, 5.41) is 13.7. The maximum absolute atomic E-state index is 12.5. The average Bonchev–Trinajstić information content (AvgIpc) is 3.17. The number of likely N-dealkylation sites (tertiary alicyclic amines) is 1. The van der Waals surface area contributed by atoms with E-state index in [2.05, 4.69) is 5.10 Å².